The van der Waals surface area contributed by atoms with Gasteiger partial charge in [-0.2, -0.15) is 8.42 Å². The summed E-state index contributed by atoms with van der Waals surface area (Å²) in [5.41, 5.74) is -0.0204. The number of carbonyl (C=O) groups is 1. The van der Waals surface area contributed by atoms with Crippen LogP contribution in [0.5, 0.6) is 17.2 Å². The van der Waals surface area contributed by atoms with Crippen LogP contribution in [0, 0.1) is 0 Å². The summed E-state index contributed by atoms with van der Waals surface area (Å²) in [6, 6.07) is 7.88. The fraction of sp³-hybridized carbons (Fsp3) is 0.222. The maximum absolute atomic E-state index is 12.2. The molecule has 2 aromatic rings. The molecular weight excluding hydrogens is 447 g/mol. The molecule has 0 fully saturated rings. The number of amides is 1. The molecule has 13 heteroatoms. The number of hydrogen-bond acceptors (Lipinski definition) is 8. The Morgan fingerprint density at radius 3 is 1.94 bits per heavy atom. The molecule has 0 saturated carbocycles. The van der Waals surface area contributed by atoms with Crippen LogP contribution in [0.4, 0.5) is 13.2 Å². The highest BCUT2D eigenvalue weighted by atomic mass is 32.2. The Kier molecular flexibility index (Phi) is 7.99. The van der Waals surface area contributed by atoms with E-state index in [1.807, 2.05) is 0 Å². The molecule has 31 heavy (non-hydrogen) atoms. The Hall–Kier alpha value is -3.13. The van der Waals surface area contributed by atoms with E-state index in [9.17, 15) is 36.7 Å². The summed E-state index contributed by atoms with van der Waals surface area (Å²) in [6.45, 7) is -0.939. The first-order valence-electron chi connectivity index (χ1n) is 8.37. The van der Waals surface area contributed by atoms with E-state index in [2.05, 4.69) is 4.74 Å². The standard InChI is InChI=1S/C18H16F3NO8S/c19-18(20,21)30-14-7-5-13(6-8-14)29-12-3-1-11(2-4-12)17(31(27)28)16(15(25)9-23)22(26)10-24/h1-8,10,15-16,23,25-26H,9H2. The van der Waals surface area contributed by atoms with Gasteiger partial charge >= 0.3 is 6.36 Å². The molecule has 0 bridgehead atoms. The van der Waals surface area contributed by atoms with Crippen LogP contribution < -0.4 is 9.47 Å². The normalized spacial score (nSPS) is 13.1. The number of aliphatic hydroxyl groups excluding tert-OH is 2. The van der Waals surface area contributed by atoms with Gasteiger partial charge in [-0.15, -0.1) is 13.2 Å². The minimum Gasteiger partial charge on any atom is -0.457 e. The molecule has 1 amide bonds. The predicted molar refractivity (Wildman–Crippen MR) is 99.2 cm³/mol. The zero-order valence-corrected chi connectivity index (χ0v) is 16.2. The molecule has 2 unspecified atom stereocenters. The molecule has 168 valence electrons. The molecule has 0 aliphatic carbocycles. The van der Waals surface area contributed by atoms with Gasteiger partial charge in [0.1, 0.15) is 34.3 Å². The number of benzene rings is 2. The Morgan fingerprint density at radius 2 is 1.52 bits per heavy atom. The van der Waals surface area contributed by atoms with Crippen molar-refractivity contribution >= 4 is 21.6 Å². The molecule has 0 saturated heterocycles. The summed E-state index contributed by atoms with van der Waals surface area (Å²) in [5, 5.41) is 28.5. The van der Waals surface area contributed by atoms with Gasteiger partial charge in [0.2, 0.25) is 16.7 Å². The fourth-order valence-corrected chi connectivity index (χ4v) is 3.33. The molecule has 0 aliphatic heterocycles. The van der Waals surface area contributed by atoms with Crippen LogP contribution >= 0.6 is 0 Å². The van der Waals surface area contributed by atoms with Crippen molar-refractivity contribution in [2.45, 2.75) is 18.5 Å². The van der Waals surface area contributed by atoms with E-state index in [1.165, 1.54) is 36.4 Å². The minimum absolute atomic E-state index is 0.0204. The number of nitrogens with zero attached hydrogens (tertiary/aromatic N) is 1. The van der Waals surface area contributed by atoms with E-state index in [-0.39, 0.29) is 28.5 Å². The number of aliphatic hydroxyl groups is 2. The van der Waals surface area contributed by atoms with Crippen LogP contribution in [0.2, 0.25) is 0 Å². The van der Waals surface area contributed by atoms with Crippen molar-refractivity contribution in [2.24, 2.45) is 0 Å². The molecule has 3 N–H and O–H groups in total. The van der Waals surface area contributed by atoms with Gasteiger partial charge in [-0.05, 0) is 54.1 Å². The molecular formula is C18H16F3NO8S. The predicted octanol–water partition coefficient (Wildman–Crippen LogP) is 1.35. The topological polar surface area (TPSA) is 134 Å². The zero-order chi connectivity index (χ0) is 23.2. The summed E-state index contributed by atoms with van der Waals surface area (Å²) in [4.78, 5) is 10.3. The van der Waals surface area contributed by atoms with Crippen LogP contribution in [-0.4, -0.2) is 65.3 Å². The lowest BCUT2D eigenvalue weighted by atomic mass is 10.0. The number of halogens is 3. The summed E-state index contributed by atoms with van der Waals surface area (Å²) in [6.07, 6.45) is -6.75. The molecule has 0 heterocycles. The highest BCUT2D eigenvalue weighted by molar-refractivity contribution is 7.73. The third kappa shape index (κ3) is 6.68. The van der Waals surface area contributed by atoms with E-state index < -0.39 is 46.0 Å². The number of ether oxygens (including phenoxy) is 2. The first-order chi connectivity index (χ1) is 14.6. The highest BCUT2D eigenvalue weighted by Crippen LogP contribution is 2.27. The molecule has 0 radical (unpaired) electrons. The summed E-state index contributed by atoms with van der Waals surface area (Å²) in [7, 11) is -3.00. The second-order valence-electron chi connectivity index (χ2n) is 5.92. The van der Waals surface area contributed by atoms with Gasteiger partial charge in [0.15, 0.2) is 0 Å². The van der Waals surface area contributed by atoms with Crippen molar-refractivity contribution in [3.05, 3.63) is 54.1 Å². The smallest absolute Gasteiger partial charge is 0.457 e. The number of hydrogen-bond donors (Lipinski definition) is 3. The maximum Gasteiger partial charge on any atom is 0.573 e. The Balaban J connectivity index is 2.25. The zero-order valence-electron chi connectivity index (χ0n) is 15.4. The lowest BCUT2D eigenvalue weighted by Gasteiger charge is -2.26. The molecule has 2 rings (SSSR count). The van der Waals surface area contributed by atoms with Crippen molar-refractivity contribution in [3.63, 3.8) is 0 Å². The van der Waals surface area contributed by atoms with E-state index in [4.69, 9.17) is 9.84 Å². The number of carbonyl (C=O) groups excluding carboxylic acids is 1. The van der Waals surface area contributed by atoms with Crippen LogP contribution in [0.25, 0.3) is 0 Å². The van der Waals surface area contributed by atoms with E-state index in [0.717, 1.165) is 12.1 Å². The number of rotatable bonds is 9. The minimum atomic E-state index is -4.83. The second-order valence-corrected chi connectivity index (χ2v) is 6.83. The molecule has 9 nitrogen and oxygen atoms in total. The van der Waals surface area contributed by atoms with Gasteiger partial charge in [-0.3, -0.25) is 10.0 Å². The van der Waals surface area contributed by atoms with Gasteiger partial charge in [0.25, 0.3) is 0 Å². The Bertz CT molecular complexity index is 1020. The summed E-state index contributed by atoms with van der Waals surface area (Å²) < 4.78 is 69.1. The monoisotopic (exact) mass is 463 g/mol. The Labute approximate surface area is 175 Å². The molecule has 0 spiro atoms. The number of alkyl halides is 3. The van der Waals surface area contributed by atoms with Crippen LogP contribution in [0.1, 0.15) is 5.56 Å². The Morgan fingerprint density at radius 1 is 1.03 bits per heavy atom. The quantitative estimate of drug-likeness (QED) is 0.167. The van der Waals surface area contributed by atoms with Gasteiger partial charge in [0.05, 0.1) is 6.61 Å². The van der Waals surface area contributed by atoms with Crippen molar-refractivity contribution in [1.82, 2.24) is 5.06 Å². The summed E-state index contributed by atoms with van der Waals surface area (Å²) >= 11 is 0. The van der Waals surface area contributed by atoms with Gasteiger partial charge in [-0.1, -0.05) is 0 Å². The third-order valence-corrected chi connectivity index (χ3v) is 4.66. The van der Waals surface area contributed by atoms with E-state index >= 15 is 0 Å². The molecule has 0 aromatic heterocycles. The van der Waals surface area contributed by atoms with Crippen molar-refractivity contribution in [2.75, 3.05) is 6.61 Å². The van der Waals surface area contributed by atoms with Gasteiger partial charge < -0.3 is 19.7 Å². The first kappa shape index (κ1) is 24.1. The first-order valence-corrected chi connectivity index (χ1v) is 9.45. The molecule has 2 aromatic carbocycles. The SMILES string of the molecule is O=CN(O)C(C(c1ccc(Oc2ccc(OC(F)(F)F)cc2)cc1)=S(=O)=O)C(O)CO. The lowest BCUT2D eigenvalue weighted by Crippen LogP contribution is -2.49. The van der Waals surface area contributed by atoms with Gasteiger partial charge in [-0.25, -0.2) is 5.06 Å². The van der Waals surface area contributed by atoms with Crippen molar-refractivity contribution < 1.29 is 51.3 Å². The van der Waals surface area contributed by atoms with Gasteiger partial charge in [0, 0.05) is 0 Å². The average molecular weight is 463 g/mol. The molecule has 0 aliphatic rings. The van der Waals surface area contributed by atoms with E-state index in [1.54, 1.807) is 0 Å². The lowest BCUT2D eigenvalue weighted by molar-refractivity contribution is -0.274. The van der Waals surface area contributed by atoms with Crippen molar-refractivity contribution in [1.29, 1.82) is 0 Å². The van der Waals surface area contributed by atoms with Crippen LogP contribution in [-0.2, 0) is 15.1 Å². The second kappa shape index (κ2) is 10.3. The highest BCUT2D eigenvalue weighted by Gasteiger charge is 2.32. The van der Waals surface area contributed by atoms with Crippen LogP contribution in [0.15, 0.2) is 48.5 Å². The average Bonchev–Trinajstić information content (AvgIpc) is 2.71. The van der Waals surface area contributed by atoms with Crippen molar-refractivity contribution in [3.8, 4) is 17.2 Å². The third-order valence-electron chi connectivity index (χ3n) is 3.82. The summed E-state index contributed by atoms with van der Waals surface area (Å²) in [5.74, 6) is -0.0979. The molecule has 2 atom stereocenters. The maximum atomic E-state index is 12.2. The van der Waals surface area contributed by atoms with Crippen LogP contribution in [0.3, 0.4) is 0 Å². The fourth-order valence-electron chi connectivity index (χ4n) is 2.53. The number of hydroxylamine groups is 2. The van der Waals surface area contributed by atoms with E-state index in [0.29, 0.717) is 0 Å². The largest absolute Gasteiger partial charge is 0.573 e.